The molecule has 5 nitrogen and oxygen atoms in total. The second-order valence-corrected chi connectivity index (χ2v) is 6.22. The Morgan fingerprint density at radius 2 is 1.91 bits per heavy atom. The highest BCUT2D eigenvalue weighted by molar-refractivity contribution is 7.88. The topological polar surface area (TPSA) is 73.3 Å². The van der Waals surface area contributed by atoms with E-state index >= 15 is 0 Å². The van der Waals surface area contributed by atoms with Gasteiger partial charge in [-0.25, -0.2) is 4.98 Å². The predicted octanol–water partition coefficient (Wildman–Crippen LogP) is 3.23. The molecule has 0 bridgehead atoms. The van der Waals surface area contributed by atoms with E-state index in [1.54, 1.807) is 18.2 Å². The number of hydrogen-bond acceptors (Lipinski definition) is 5. The summed E-state index contributed by atoms with van der Waals surface area (Å²) >= 11 is 0. The van der Waals surface area contributed by atoms with Crippen molar-refractivity contribution in [1.82, 2.24) is 4.98 Å². The summed E-state index contributed by atoms with van der Waals surface area (Å²) in [6, 6.07) is 6.43. The highest BCUT2D eigenvalue weighted by Gasteiger charge is 2.49. The zero-order valence-corrected chi connectivity index (χ0v) is 12.7. The highest BCUT2D eigenvalue weighted by atomic mass is 32.2. The number of carbonyl (C=O) groups excluding carboxylic acids is 1. The highest BCUT2D eigenvalue weighted by Crippen LogP contribution is 2.32. The summed E-state index contributed by atoms with van der Waals surface area (Å²) in [5.41, 5.74) is -5.25. The van der Waals surface area contributed by atoms with Crippen LogP contribution in [0.4, 0.5) is 13.2 Å². The molecule has 0 saturated carbocycles. The van der Waals surface area contributed by atoms with Crippen molar-refractivity contribution < 1.29 is 30.6 Å². The number of aromatic nitrogens is 1. The van der Waals surface area contributed by atoms with Crippen molar-refractivity contribution in [3.8, 4) is 5.88 Å². The number of carbonyl (C=O) groups is 1. The van der Waals surface area contributed by atoms with E-state index < -0.39 is 21.5 Å². The molecule has 9 heteroatoms. The van der Waals surface area contributed by atoms with Crippen molar-refractivity contribution >= 4 is 27.3 Å². The van der Waals surface area contributed by atoms with E-state index in [4.69, 9.17) is 0 Å². The third kappa shape index (κ3) is 3.29. The molecule has 0 fully saturated rings. The molecule has 1 aromatic heterocycles. The number of pyridine rings is 1. The molecule has 0 aliphatic rings. The smallest absolute Gasteiger partial charge is 0.354 e. The van der Waals surface area contributed by atoms with Gasteiger partial charge in [-0.2, -0.15) is 21.6 Å². The number of rotatable bonds is 5. The molecule has 0 spiro atoms. The van der Waals surface area contributed by atoms with Gasteiger partial charge in [-0.05, 0) is 18.1 Å². The average Bonchev–Trinajstić information content (AvgIpc) is 2.46. The number of alkyl halides is 3. The lowest BCUT2D eigenvalue weighted by Gasteiger charge is -2.14. The van der Waals surface area contributed by atoms with Gasteiger partial charge in [-0.15, -0.1) is 0 Å². The molecular formula is C14H12F3NO4S. The predicted molar refractivity (Wildman–Crippen MR) is 76.7 cm³/mol. The summed E-state index contributed by atoms with van der Waals surface area (Å²) in [7, 11) is -5.91. The SMILES string of the molecule is CCCc1c(C=O)c(OS(=O)(=O)C(F)(F)F)nc2ccccc12. The van der Waals surface area contributed by atoms with E-state index in [1.807, 2.05) is 6.92 Å². The molecule has 23 heavy (non-hydrogen) atoms. The van der Waals surface area contributed by atoms with Crippen LogP contribution in [0.1, 0.15) is 29.3 Å². The molecule has 1 heterocycles. The summed E-state index contributed by atoms with van der Waals surface area (Å²) in [6.45, 7) is 1.82. The number of aryl methyl sites for hydroxylation is 1. The number of aldehydes is 1. The van der Waals surface area contributed by atoms with Gasteiger partial charge in [0, 0.05) is 5.39 Å². The number of hydrogen-bond donors (Lipinski definition) is 0. The summed E-state index contributed by atoms with van der Waals surface area (Å²) in [4.78, 5) is 15.1. The van der Waals surface area contributed by atoms with Crippen LogP contribution in [0.5, 0.6) is 5.88 Å². The first-order valence-corrected chi connectivity index (χ1v) is 7.99. The van der Waals surface area contributed by atoms with Gasteiger partial charge < -0.3 is 4.18 Å². The van der Waals surface area contributed by atoms with Crippen molar-refractivity contribution in [1.29, 1.82) is 0 Å². The molecule has 124 valence electrons. The van der Waals surface area contributed by atoms with Crippen LogP contribution in [0.25, 0.3) is 10.9 Å². The first-order chi connectivity index (χ1) is 10.7. The monoisotopic (exact) mass is 347 g/mol. The fourth-order valence-corrected chi connectivity index (χ4v) is 2.56. The largest absolute Gasteiger partial charge is 0.534 e. The Bertz CT molecular complexity index is 847. The van der Waals surface area contributed by atoms with Gasteiger partial charge in [0.15, 0.2) is 6.29 Å². The summed E-state index contributed by atoms with van der Waals surface area (Å²) in [5, 5.41) is 0.563. The number of para-hydroxylation sites is 1. The average molecular weight is 347 g/mol. The molecule has 0 N–H and O–H groups in total. The van der Waals surface area contributed by atoms with Gasteiger partial charge in [0.25, 0.3) is 0 Å². The minimum Gasteiger partial charge on any atom is -0.354 e. The molecule has 0 saturated heterocycles. The Kier molecular flexibility index (Phi) is 4.60. The summed E-state index contributed by atoms with van der Waals surface area (Å²) in [5.74, 6) is -0.862. The van der Waals surface area contributed by atoms with Gasteiger partial charge in [0.05, 0.1) is 11.1 Å². The van der Waals surface area contributed by atoms with E-state index in [2.05, 4.69) is 9.17 Å². The molecule has 0 unspecified atom stereocenters. The van der Waals surface area contributed by atoms with Crippen molar-refractivity contribution in [2.24, 2.45) is 0 Å². The Morgan fingerprint density at radius 3 is 2.48 bits per heavy atom. The molecule has 2 rings (SSSR count). The van der Waals surface area contributed by atoms with Crippen LogP contribution in [0.2, 0.25) is 0 Å². The number of benzene rings is 1. The van der Waals surface area contributed by atoms with Gasteiger partial charge in [0.1, 0.15) is 0 Å². The molecule has 0 atom stereocenters. The maximum absolute atomic E-state index is 12.5. The zero-order valence-electron chi connectivity index (χ0n) is 11.9. The van der Waals surface area contributed by atoms with Crippen molar-refractivity contribution in [3.05, 3.63) is 35.4 Å². The maximum atomic E-state index is 12.5. The summed E-state index contributed by atoms with van der Waals surface area (Å²) in [6.07, 6.45) is 1.21. The van der Waals surface area contributed by atoms with Crippen molar-refractivity contribution in [2.45, 2.75) is 25.3 Å². The second kappa shape index (κ2) is 6.15. The minimum absolute atomic E-state index is 0.244. The van der Waals surface area contributed by atoms with Gasteiger partial charge >= 0.3 is 15.6 Å². The van der Waals surface area contributed by atoms with Crippen LogP contribution < -0.4 is 4.18 Å². The van der Waals surface area contributed by atoms with E-state index in [1.165, 1.54) is 6.07 Å². The third-order valence-electron chi connectivity index (χ3n) is 3.10. The van der Waals surface area contributed by atoms with Gasteiger partial charge in [0.2, 0.25) is 5.88 Å². The van der Waals surface area contributed by atoms with Crippen molar-refractivity contribution in [3.63, 3.8) is 0 Å². The molecule has 0 amide bonds. The lowest BCUT2D eigenvalue weighted by molar-refractivity contribution is -0.0501. The van der Waals surface area contributed by atoms with Crippen LogP contribution in [0.3, 0.4) is 0 Å². The standard InChI is InChI=1S/C14H12F3NO4S/c1-2-5-9-10-6-3-4-7-12(10)18-13(11(9)8-19)22-23(20,21)14(15,16)17/h3-4,6-8H,2,5H2,1H3. The Hall–Kier alpha value is -2.16. The van der Waals surface area contributed by atoms with Crippen molar-refractivity contribution in [2.75, 3.05) is 0 Å². The minimum atomic E-state index is -5.91. The Morgan fingerprint density at radius 1 is 1.26 bits per heavy atom. The van der Waals surface area contributed by atoms with Gasteiger partial charge in [-0.3, -0.25) is 4.79 Å². The molecule has 0 aliphatic carbocycles. The van der Waals surface area contributed by atoms with Crippen LogP contribution >= 0.6 is 0 Å². The number of fused-ring (bicyclic) bond motifs is 1. The second-order valence-electron chi connectivity index (χ2n) is 4.68. The molecule has 2 aromatic rings. The van der Waals surface area contributed by atoms with E-state index in [0.717, 1.165) is 0 Å². The molecule has 0 aliphatic heterocycles. The molecular weight excluding hydrogens is 335 g/mol. The first-order valence-electron chi connectivity index (χ1n) is 6.58. The zero-order chi connectivity index (χ0) is 17.3. The van der Waals surface area contributed by atoms with Crippen LogP contribution in [-0.2, 0) is 16.5 Å². The molecule has 0 radical (unpaired) electrons. The normalized spacial score (nSPS) is 12.3. The Labute approximate surface area is 130 Å². The summed E-state index contributed by atoms with van der Waals surface area (Å²) < 4.78 is 63.9. The first kappa shape index (κ1) is 17.2. The van der Waals surface area contributed by atoms with Crippen LogP contribution in [-0.4, -0.2) is 25.2 Å². The van der Waals surface area contributed by atoms with E-state index in [-0.39, 0.29) is 17.4 Å². The number of halogens is 3. The quantitative estimate of drug-likeness (QED) is 0.472. The third-order valence-corrected chi connectivity index (χ3v) is 4.04. The maximum Gasteiger partial charge on any atom is 0.534 e. The Balaban J connectivity index is 2.71. The van der Waals surface area contributed by atoms with Gasteiger partial charge in [-0.1, -0.05) is 31.5 Å². The fraction of sp³-hybridized carbons (Fsp3) is 0.286. The van der Waals surface area contributed by atoms with E-state index in [0.29, 0.717) is 23.8 Å². The lowest BCUT2D eigenvalue weighted by Crippen LogP contribution is -2.29. The number of nitrogens with zero attached hydrogens (tertiary/aromatic N) is 1. The lowest BCUT2D eigenvalue weighted by atomic mass is 10.00. The van der Waals surface area contributed by atoms with Crippen LogP contribution in [0, 0.1) is 0 Å². The fourth-order valence-electron chi connectivity index (χ4n) is 2.13. The molecule has 1 aromatic carbocycles. The van der Waals surface area contributed by atoms with E-state index in [9.17, 15) is 26.4 Å². The van der Waals surface area contributed by atoms with Crippen LogP contribution in [0.15, 0.2) is 24.3 Å².